The monoisotopic (exact) mass is 314 g/mol. The highest BCUT2D eigenvalue weighted by molar-refractivity contribution is 8.00. The third-order valence-electron chi connectivity index (χ3n) is 3.13. The second-order valence-electron chi connectivity index (χ2n) is 4.42. The number of carboxylic acids is 1. The van der Waals surface area contributed by atoms with E-state index in [-0.39, 0.29) is 16.7 Å². The first-order valence-corrected chi connectivity index (χ1v) is 6.99. The molecule has 1 aromatic carbocycles. The number of rotatable bonds is 3. The molecule has 21 heavy (non-hydrogen) atoms. The number of carbonyl (C=O) groups is 2. The Bertz CT molecular complexity index is 624. The average molecular weight is 314 g/mol. The molecule has 112 valence electrons. The molecule has 0 radical (unpaired) electrons. The number of nitrogens with zero attached hydrogens (tertiary/aromatic N) is 2. The number of hydrogen-bond acceptors (Lipinski definition) is 5. The minimum Gasteiger partial charge on any atom is -0.480 e. The molecule has 1 heterocycles. The Labute approximate surface area is 122 Å². The zero-order valence-corrected chi connectivity index (χ0v) is 11.7. The third kappa shape index (κ3) is 2.82. The highest BCUT2D eigenvalue weighted by atomic mass is 32.2. The highest BCUT2D eigenvalue weighted by Gasteiger charge is 2.40. The molecular formula is C12H11FN2O5S. The summed E-state index contributed by atoms with van der Waals surface area (Å²) in [6, 6.07) is 1.79. The lowest BCUT2D eigenvalue weighted by molar-refractivity contribution is -0.387. The highest BCUT2D eigenvalue weighted by Crippen LogP contribution is 2.31. The van der Waals surface area contributed by atoms with Crippen molar-refractivity contribution >= 4 is 29.3 Å². The second kappa shape index (κ2) is 5.68. The van der Waals surface area contributed by atoms with Gasteiger partial charge in [0.15, 0.2) is 0 Å². The van der Waals surface area contributed by atoms with E-state index in [0.717, 1.165) is 23.1 Å². The van der Waals surface area contributed by atoms with Gasteiger partial charge in [-0.15, -0.1) is 11.8 Å². The second-order valence-corrected chi connectivity index (χ2v) is 5.77. The maximum Gasteiger partial charge on any atom is 0.327 e. The van der Waals surface area contributed by atoms with Gasteiger partial charge < -0.3 is 10.0 Å². The van der Waals surface area contributed by atoms with Gasteiger partial charge in [-0.2, -0.15) is 4.39 Å². The summed E-state index contributed by atoms with van der Waals surface area (Å²) in [5, 5.41) is 19.3. The molecule has 0 saturated carbocycles. The summed E-state index contributed by atoms with van der Waals surface area (Å²) in [6.07, 6.45) is 0. The largest absolute Gasteiger partial charge is 0.480 e. The van der Waals surface area contributed by atoms with Crippen LogP contribution in [0.2, 0.25) is 0 Å². The lowest BCUT2D eigenvalue weighted by Gasteiger charge is -2.25. The molecule has 0 bridgehead atoms. The number of benzene rings is 1. The zero-order chi connectivity index (χ0) is 15.7. The number of halogens is 1. The van der Waals surface area contributed by atoms with Gasteiger partial charge in [0.05, 0.1) is 10.3 Å². The van der Waals surface area contributed by atoms with Crippen LogP contribution >= 0.6 is 11.8 Å². The Morgan fingerprint density at radius 2 is 2.19 bits per heavy atom. The first-order valence-electron chi connectivity index (χ1n) is 5.94. The topological polar surface area (TPSA) is 101 Å². The molecule has 1 aliphatic rings. The molecule has 0 spiro atoms. The molecule has 9 heteroatoms. The van der Waals surface area contributed by atoms with Crippen LogP contribution in [0.3, 0.4) is 0 Å². The van der Waals surface area contributed by atoms with Crippen molar-refractivity contribution in [2.45, 2.75) is 18.3 Å². The standard InChI is InChI=1S/C12H11FN2O5S/c1-6-14(10(5-21-6)12(17)18)11(16)7-2-3-9(15(19)20)8(13)4-7/h2-4,6,10H,5H2,1H3,(H,17,18). The van der Waals surface area contributed by atoms with Crippen LogP contribution in [-0.2, 0) is 4.79 Å². The lowest BCUT2D eigenvalue weighted by Crippen LogP contribution is -2.44. The van der Waals surface area contributed by atoms with Gasteiger partial charge in [0, 0.05) is 17.4 Å². The Kier molecular flexibility index (Phi) is 4.12. The van der Waals surface area contributed by atoms with E-state index in [1.54, 1.807) is 6.92 Å². The molecule has 1 saturated heterocycles. The maximum absolute atomic E-state index is 13.6. The number of nitro benzene ring substituents is 1. The summed E-state index contributed by atoms with van der Waals surface area (Å²) in [5.74, 6) is -2.67. The fourth-order valence-corrected chi connectivity index (χ4v) is 3.25. The molecular weight excluding hydrogens is 303 g/mol. The van der Waals surface area contributed by atoms with E-state index >= 15 is 0 Å². The van der Waals surface area contributed by atoms with E-state index in [1.165, 1.54) is 11.8 Å². The van der Waals surface area contributed by atoms with Crippen molar-refractivity contribution in [1.82, 2.24) is 4.90 Å². The fourth-order valence-electron chi connectivity index (χ4n) is 2.08. The normalized spacial score (nSPS) is 21.3. The van der Waals surface area contributed by atoms with Crippen molar-refractivity contribution in [2.75, 3.05) is 5.75 Å². The molecule has 2 rings (SSSR count). The number of amides is 1. The molecule has 2 unspecified atom stereocenters. The summed E-state index contributed by atoms with van der Waals surface area (Å²) < 4.78 is 13.6. The number of thioether (sulfide) groups is 1. The van der Waals surface area contributed by atoms with Crippen molar-refractivity contribution in [3.63, 3.8) is 0 Å². The van der Waals surface area contributed by atoms with E-state index in [0.29, 0.717) is 0 Å². The molecule has 1 fully saturated rings. The molecule has 0 aliphatic carbocycles. The Hall–Kier alpha value is -2.16. The van der Waals surface area contributed by atoms with Crippen LogP contribution in [0.25, 0.3) is 0 Å². The van der Waals surface area contributed by atoms with Gasteiger partial charge in [-0.3, -0.25) is 14.9 Å². The summed E-state index contributed by atoms with van der Waals surface area (Å²) in [7, 11) is 0. The molecule has 1 aliphatic heterocycles. The molecule has 1 N–H and O–H groups in total. The van der Waals surface area contributed by atoms with Crippen molar-refractivity contribution in [3.05, 3.63) is 39.7 Å². The average Bonchev–Trinajstić information content (AvgIpc) is 2.79. The Morgan fingerprint density at radius 3 is 2.71 bits per heavy atom. The van der Waals surface area contributed by atoms with Gasteiger partial charge in [0.2, 0.25) is 5.82 Å². The first-order chi connectivity index (χ1) is 9.82. The van der Waals surface area contributed by atoms with E-state index in [1.807, 2.05) is 0 Å². The van der Waals surface area contributed by atoms with Gasteiger partial charge in [-0.1, -0.05) is 0 Å². The Morgan fingerprint density at radius 1 is 1.52 bits per heavy atom. The number of hydrogen-bond donors (Lipinski definition) is 1. The summed E-state index contributed by atoms with van der Waals surface area (Å²) in [5.41, 5.74) is -0.844. The van der Waals surface area contributed by atoms with Gasteiger partial charge in [0.25, 0.3) is 5.91 Å². The van der Waals surface area contributed by atoms with E-state index < -0.39 is 34.3 Å². The smallest absolute Gasteiger partial charge is 0.327 e. The van der Waals surface area contributed by atoms with E-state index in [9.17, 15) is 24.1 Å². The zero-order valence-electron chi connectivity index (χ0n) is 10.9. The fraction of sp³-hybridized carbons (Fsp3) is 0.333. The van der Waals surface area contributed by atoms with E-state index in [2.05, 4.69) is 0 Å². The predicted molar refractivity (Wildman–Crippen MR) is 72.6 cm³/mol. The summed E-state index contributed by atoms with van der Waals surface area (Å²) >= 11 is 1.30. The first kappa shape index (κ1) is 15.2. The molecule has 7 nitrogen and oxygen atoms in total. The molecule has 2 atom stereocenters. The quantitative estimate of drug-likeness (QED) is 0.673. The number of carboxylic acid groups (broad SMARTS) is 1. The lowest BCUT2D eigenvalue weighted by atomic mass is 10.1. The van der Waals surface area contributed by atoms with Gasteiger partial charge in [-0.25, -0.2) is 4.79 Å². The van der Waals surface area contributed by atoms with Crippen LogP contribution < -0.4 is 0 Å². The predicted octanol–water partition coefficient (Wildman–Crippen LogP) is 1.72. The maximum atomic E-state index is 13.6. The van der Waals surface area contributed by atoms with Gasteiger partial charge in [0.1, 0.15) is 6.04 Å². The Balaban J connectivity index is 2.33. The van der Waals surface area contributed by atoms with E-state index in [4.69, 9.17) is 5.11 Å². The van der Waals surface area contributed by atoms with Crippen LogP contribution in [0.15, 0.2) is 18.2 Å². The van der Waals surface area contributed by atoms with Crippen molar-refractivity contribution in [2.24, 2.45) is 0 Å². The van der Waals surface area contributed by atoms with Crippen LogP contribution in [0.1, 0.15) is 17.3 Å². The van der Waals surface area contributed by atoms with Crippen LogP contribution in [0.4, 0.5) is 10.1 Å². The SMILES string of the molecule is CC1SCC(C(=O)O)N1C(=O)c1ccc([N+](=O)[O-])c(F)c1. The minimum absolute atomic E-state index is 0.112. The number of aliphatic carboxylic acids is 1. The molecule has 1 amide bonds. The number of carbonyl (C=O) groups excluding carboxylic acids is 1. The van der Waals surface area contributed by atoms with Gasteiger partial charge >= 0.3 is 11.7 Å². The third-order valence-corrected chi connectivity index (χ3v) is 4.35. The van der Waals surface area contributed by atoms with Crippen LogP contribution in [0, 0.1) is 15.9 Å². The molecule has 1 aromatic rings. The van der Waals surface area contributed by atoms with Crippen LogP contribution in [-0.4, -0.2) is 44.0 Å². The van der Waals surface area contributed by atoms with Crippen LogP contribution in [0.5, 0.6) is 0 Å². The van der Waals surface area contributed by atoms with Crippen molar-refractivity contribution in [1.29, 1.82) is 0 Å². The number of nitro groups is 1. The van der Waals surface area contributed by atoms with Crippen molar-refractivity contribution in [3.8, 4) is 0 Å². The summed E-state index contributed by atoms with van der Waals surface area (Å²) in [6.45, 7) is 1.67. The summed E-state index contributed by atoms with van der Waals surface area (Å²) in [4.78, 5) is 34.2. The minimum atomic E-state index is -1.14. The molecule has 0 aromatic heterocycles. The van der Waals surface area contributed by atoms with Crippen molar-refractivity contribution < 1.29 is 24.0 Å². The van der Waals surface area contributed by atoms with Gasteiger partial charge in [-0.05, 0) is 19.1 Å².